The maximum Gasteiger partial charge on any atom is 0.275 e. The summed E-state index contributed by atoms with van der Waals surface area (Å²) in [5, 5.41) is 5.57. The fourth-order valence-electron chi connectivity index (χ4n) is 4.85. The van der Waals surface area contributed by atoms with Crippen molar-refractivity contribution in [3.8, 4) is 0 Å². The van der Waals surface area contributed by atoms with E-state index in [-0.39, 0.29) is 17.2 Å². The van der Waals surface area contributed by atoms with E-state index in [1.54, 1.807) is 10.3 Å². The summed E-state index contributed by atoms with van der Waals surface area (Å²) in [6.07, 6.45) is 9.23. The Kier molecular flexibility index (Phi) is 4.75. The Morgan fingerprint density at radius 3 is 2.80 bits per heavy atom. The monoisotopic (exact) mass is 362 g/mol. The highest BCUT2D eigenvalue weighted by Gasteiger charge is 2.49. The molecule has 3 fully saturated rings. The van der Waals surface area contributed by atoms with Gasteiger partial charge in [0.1, 0.15) is 0 Å². The summed E-state index contributed by atoms with van der Waals surface area (Å²) in [6, 6.07) is 0. The molecule has 2 amide bonds. The molecule has 6 nitrogen and oxygen atoms in total. The molecule has 136 valence electrons. The van der Waals surface area contributed by atoms with Crippen LogP contribution in [0.1, 0.15) is 61.9 Å². The van der Waals surface area contributed by atoms with Gasteiger partial charge in [-0.1, -0.05) is 23.8 Å². The second-order valence-corrected chi connectivity index (χ2v) is 8.52. The summed E-state index contributed by atoms with van der Waals surface area (Å²) in [6.45, 7) is 3.01. The number of carbonyl (C=O) groups is 2. The van der Waals surface area contributed by atoms with Crippen LogP contribution in [0.5, 0.6) is 0 Å². The highest BCUT2D eigenvalue weighted by atomic mass is 32.1. The van der Waals surface area contributed by atoms with Gasteiger partial charge < -0.3 is 9.80 Å². The lowest BCUT2D eigenvalue weighted by atomic mass is 9.77. The molecule has 1 spiro atoms. The average Bonchev–Trinajstić information content (AvgIpc) is 3.31. The zero-order valence-electron chi connectivity index (χ0n) is 14.7. The van der Waals surface area contributed by atoms with Crippen molar-refractivity contribution in [2.75, 3.05) is 26.2 Å². The number of hydrogen-bond donors (Lipinski definition) is 0. The van der Waals surface area contributed by atoms with Crippen molar-refractivity contribution in [3.63, 3.8) is 0 Å². The van der Waals surface area contributed by atoms with E-state index >= 15 is 0 Å². The molecule has 2 aliphatic heterocycles. The Labute approximate surface area is 152 Å². The molecular formula is C18H26N4O2S. The van der Waals surface area contributed by atoms with E-state index < -0.39 is 0 Å². The van der Waals surface area contributed by atoms with Gasteiger partial charge in [-0.25, -0.2) is 0 Å². The second-order valence-electron chi connectivity index (χ2n) is 7.91. The molecule has 1 saturated carbocycles. The Hall–Kier alpha value is -1.50. The molecule has 4 rings (SSSR count). The molecule has 0 aromatic carbocycles. The molecule has 0 bridgehead atoms. The molecule has 0 radical (unpaired) electrons. The van der Waals surface area contributed by atoms with Crippen LogP contribution >= 0.6 is 11.5 Å². The molecule has 1 aromatic rings. The molecule has 0 N–H and O–H groups in total. The van der Waals surface area contributed by atoms with Gasteiger partial charge in [-0.2, -0.15) is 0 Å². The van der Waals surface area contributed by atoms with Crippen LogP contribution in [-0.2, 0) is 4.79 Å². The highest BCUT2D eigenvalue weighted by Crippen LogP contribution is 2.41. The van der Waals surface area contributed by atoms with Crippen molar-refractivity contribution in [1.82, 2.24) is 19.4 Å². The summed E-state index contributed by atoms with van der Waals surface area (Å²) in [7, 11) is 0. The van der Waals surface area contributed by atoms with Gasteiger partial charge in [0.25, 0.3) is 5.91 Å². The van der Waals surface area contributed by atoms with E-state index in [1.807, 2.05) is 0 Å². The summed E-state index contributed by atoms with van der Waals surface area (Å²) < 4.78 is 3.78. The van der Waals surface area contributed by atoms with Crippen molar-refractivity contribution < 1.29 is 9.59 Å². The van der Waals surface area contributed by atoms with Gasteiger partial charge in [0.2, 0.25) is 5.91 Å². The third-order valence-corrected chi connectivity index (χ3v) is 6.75. The van der Waals surface area contributed by atoms with E-state index in [9.17, 15) is 9.59 Å². The first-order valence-corrected chi connectivity index (χ1v) is 10.4. The van der Waals surface area contributed by atoms with Crippen molar-refractivity contribution in [2.45, 2.75) is 51.4 Å². The first-order chi connectivity index (χ1) is 12.2. The number of carbonyl (C=O) groups excluding carboxylic acids is 2. The number of nitrogens with zero attached hydrogens (tertiary/aromatic N) is 4. The van der Waals surface area contributed by atoms with Gasteiger partial charge in [0.15, 0.2) is 5.69 Å². The molecular weight excluding hydrogens is 336 g/mol. The topological polar surface area (TPSA) is 66.4 Å². The lowest BCUT2D eigenvalue weighted by Crippen LogP contribution is -2.51. The maximum atomic E-state index is 13.2. The summed E-state index contributed by atoms with van der Waals surface area (Å²) in [4.78, 5) is 29.7. The Morgan fingerprint density at radius 2 is 2.04 bits per heavy atom. The van der Waals surface area contributed by atoms with Crippen molar-refractivity contribution in [1.29, 1.82) is 0 Å². The number of rotatable bonds is 3. The first kappa shape index (κ1) is 16.9. The van der Waals surface area contributed by atoms with Crippen LogP contribution in [0.25, 0.3) is 0 Å². The molecule has 25 heavy (non-hydrogen) atoms. The second kappa shape index (κ2) is 7.02. The van der Waals surface area contributed by atoms with Gasteiger partial charge in [0, 0.05) is 31.6 Å². The smallest absolute Gasteiger partial charge is 0.275 e. The molecule has 3 aliphatic rings. The van der Waals surface area contributed by atoms with Gasteiger partial charge in [-0.15, -0.1) is 5.10 Å². The highest BCUT2D eigenvalue weighted by molar-refractivity contribution is 7.03. The van der Waals surface area contributed by atoms with Gasteiger partial charge in [0.05, 0.1) is 5.41 Å². The predicted molar refractivity (Wildman–Crippen MR) is 95.3 cm³/mol. The van der Waals surface area contributed by atoms with E-state index in [2.05, 4.69) is 14.5 Å². The minimum absolute atomic E-state index is 0.0807. The predicted octanol–water partition coefficient (Wildman–Crippen LogP) is 2.57. The molecule has 3 heterocycles. The zero-order chi connectivity index (χ0) is 17.3. The zero-order valence-corrected chi connectivity index (χ0v) is 15.5. The lowest BCUT2D eigenvalue weighted by molar-refractivity contribution is -0.146. The van der Waals surface area contributed by atoms with E-state index in [1.165, 1.54) is 43.6 Å². The quantitative estimate of drug-likeness (QED) is 0.829. The van der Waals surface area contributed by atoms with E-state index in [0.29, 0.717) is 24.7 Å². The van der Waals surface area contributed by atoms with Crippen molar-refractivity contribution >= 4 is 23.3 Å². The number of likely N-dealkylation sites (tertiary alicyclic amines) is 2. The van der Waals surface area contributed by atoms with Crippen LogP contribution in [0.2, 0.25) is 0 Å². The molecule has 1 atom stereocenters. The van der Waals surface area contributed by atoms with Gasteiger partial charge in [-0.05, 0) is 49.6 Å². The standard InChI is InChI=1S/C18H26N4O2S/c23-16(15-12-25-20-19-15)22-10-8-18(13-22)7-4-9-21(17(18)24)11-14-5-2-1-3-6-14/h12,14H,1-11,13H2/t18-/m1/s1. The van der Waals surface area contributed by atoms with Gasteiger partial charge in [-0.3, -0.25) is 9.59 Å². The minimum Gasteiger partial charge on any atom is -0.342 e. The summed E-state index contributed by atoms with van der Waals surface area (Å²) >= 11 is 1.19. The van der Waals surface area contributed by atoms with Crippen LogP contribution in [0.4, 0.5) is 0 Å². The van der Waals surface area contributed by atoms with Crippen LogP contribution in [-0.4, -0.2) is 57.4 Å². The fraction of sp³-hybridized carbons (Fsp3) is 0.778. The molecule has 7 heteroatoms. The lowest BCUT2D eigenvalue weighted by Gasteiger charge is -2.41. The molecule has 1 aliphatic carbocycles. The first-order valence-electron chi connectivity index (χ1n) is 9.54. The third-order valence-electron chi connectivity index (χ3n) is 6.25. The molecule has 1 aromatic heterocycles. The maximum absolute atomic E-state index is 13.2. The third kappa shape index (κ3) is 3.30. The van der Waals surface area contributed by atoms with E-state index in [4.69, 9.17) is 0 Å². The summed E-state index contributed by atoms with van der Waals surface area (Å²) in [5.74, 6) is 0.881. The fourth-order valence-corrected chi connectivity index (χ4v) is 5.28. The summed E-state index contributed by atoms with van der Waals surface area (Å²) in [5.41, 5.74) is 0.0517. The molecule has 0 unspecified atom stereocenters. The number of hydrogen-bond acceptors (Lipinski definition) is 5. The Balaban J connectivity index is 1.42. The normalized spacial score (nSPS) is 28.1. The number of piperidine rings is 1. The largest absolute Gasteiger partial charge is 0.342 e. The number of aromatic nitrogens is 2. The van der Waals surface area contributed by atoms with Crippen LogP contribution in [0.3, 0.4) is 0 Å². The van der Waals surface area contributed by atoms with E-state index in [0.717, 1.165) is 32.4 Å². The SMILES string of the molecule is O=C(c1csnn1)N1CC[C@]2(CCCN(CC3CCCCC3)C2=O)C1. The van der Waals surface area contributed by atoms with Crippen molar-refractivity contribution in [2.24, 2.45) is 11.3 Å². The Bertz CT molecular complexity index is 629. The number of amides is 2. The minimum atomic E-state index is -0.355. The van der Waals surface area contributed by atoms with Gasteiger partial charge >= 0.3 is 0 Å². The van der Waals surface area contributed by atoms with Crippen molar-refractivity contribution in [3.05, 3.63) is 11.1 Å². The van der Waals surface area contributed by atoms with Crippen LogP contribution < -0.4 is 0 Å². The van der Waals surface area contributed by atoms with Crippen LogP contribution in [0.15, 0.2) is 5.38 Å². The molecule has 2 saturated heterocycles. The Morgan fingerprint density at radius 1 is 1.20 bits per heavy atom. The average molecular weight is 362 g/mol. The van der Waals surface area contributed by atoms with Crippen LogP contribution in [0, 0.1) is 11.3 Å².